The molecule has 9 heteroatoms. The average Bonchev–Trinajstić information content (AvgIpc) is 3.68. The number of nitrogens with zero attached hydrogens (tertiary/aromatic N) is 7. The normalized spacial score (nSPS) is 18.1. The summed E-state index contributed by atoms with van der Waals surface area (Å²) in [6.45, 7) is 7.10. The monoisotopic (exact) mass is 477 g/mol. The number of fused-ring (bicyclic) bond motifs is 2. The van der Waals surface area contributed by atoms with E-state index in [2.05, 4.69) is 42.2 Å². The number of aromatic nitrogens is 7. The van der Waals surface area contributed by atoms with Crippen LogP contribution in [0.25, 0.3) is 44.9 Å². The Bertz CT molecular complexity index is 1560. The summed E-state index contributed by atoms with van der Waals surface area (Å²) in [5, 5.41) is 10.9. The van der Waals surface area contributed by atoms with Crippen molar-refractivity contribution >= 4 is 11.0 Å². The van der Waals surface area contributed by atoms with Gasteiger partial charge in [0.1, 0.15) is 11.5 Å². The van der Waals surface area contributed by atoms with E-state index >= 15 is 0 Å². The third-order valence-corrected chi connectivity index (χ3v) is 7.26. The van der Waals surface area contributed by atoms with E-state index in [1.165, 1.54) is 6.42 Å². The number of nitrogens with one attached hydrogen (secondary N) is 2. The SMILES string of the molecule is Cc1cccc(-c2n[nH]cc2-c2ccc3ncc(-c4cn5c(n4)CN(C4CCNC4)CC5)cc3n2)n1. The van der Waals surface area contributed by atoms with Crippen molar-refractivity contribution in [1.29, 1.82) is 0 Å². The zero-order chi connectivity index (χ0) is 24.1. The Morgan fingerprint density at radius 1 is 0.972 bits per heavy atom. The van der Waals surface area contributed by atoms with Crippen LogP contribution in [0.3, 0.4) is 0 Å². The van der Waals surface area contributed by atoms with Gasteiger partial charge in [-0.2, -0.15) is 5.10 Å². The van der Waals surface area contributed by atoms with Crippen LogP contribution in [0.2, 0.25) is 0 Å². The number of H-pyrrole nitrogens is 1. The second-order valence-corrected chi connectivity index (χ2v) is 9.62. The Kier molecular flexibility index (Phi) is 5.11. The first-order valence-corrected chi connectivity index (χ1v) is 12.5. The van der Waals surface area contributed by atoms with Gasteiger partial charge in [0.25, 0.3) is 0 Å². The molecule has 0 saturated carbocycles. The maximum Gasteiger partial charge on any atom is 0.123 e. The minimum atomic E-state index is 0.617. The average molecular weight is 478 g/mol. The van der Waals surface area contributed by atoms with Gasteiger partial charge < -0.3 is 9.88 Å². The van der Waals surface area contributed by atoms with Crippen molar-refractivity contribution in [2.75, 3.05) is 19.6 Å². The highest BCUT2D eigenvalue weighted by Gasteiger charge is 2.27. The highest BCUT2D eigenvalue weighted by molar-refractivity contribution is 5.84. The number of hydrogen-bond donors (Lipinski definition) is 2. The van der Waals surface area contributed by atoms with Crippen LogP contribution in [-0.4, -0.2) is 65.3 Å². The lowest BCUT2D eigenvalue weighted by atomic mass is 10.1. The van der Waals surface area contributed by atoms with Gasteiger partial charge in [-0.25, -0.2) is 9.97 Å². The zero-order valence-corrected chi connectivity index (χ0v) is 20.1. The molecule has 0 radical (unpaired) electrons. The summed E-state index contributed by atoms with van der Waals surface area (Å²) in [6.07, 6.45) is 7.15. The summed E-state index contributed by atoms with van der Waals surface area (Å²) in [4.78, 5) is 21.8. The molecule has 0 aromatic carbocycles. The highest BCUT2D eigenvalue weighted by Crippen LogP contribution is 2.30. The molecule has 9 nitrogen and oxygen atoms in total. The van der Waals surface area contributed by atoms with Crippen LogP contribution < -0.4 is 5.32 Å². The predicted octanol–water partition coefficient (Wildman–Crippen LogP) is 3.43. The molecule has 0 bridgehead atoms. The molecule has 1 atom stereocenters. The molecule has 0 aliphatic carbocycles. The highest BCUT2D eigenvalue weighted by atomic mass is 15.3. The number of pyridine rings is 3. The standard InChI is InChI=1S/C27H27N9/c1-17-3-2-4-23(31-17)27-20(14-30-34-27)21-5-6-22-24(32-21)11-18(12-29-22)25-15-36-10-9-35(16-26(36)33-25)19-7-8-28-13-19/h2-6,11-12,14-15,19,28H,7-10,13,16H2,1H3,(H,30,34). The molecule has 2 N–H and O–H groups in total. The molecule has 180 valence electrons. The molecule has 2 aliphatic rings. The first-order valence-electron chi connectivity index (χ1n) is 12.5. The second kappa shape index (κ2) is 8.61. The van der Waals surface area contributed by atoms with Crippen molar-refractivity contribution < 1.29 is 0 Å². The Hall–Kier alpha value is -3.95. The van der Waals surface area contributed by atoms with Crippen LogP contribution in [0.4, 0.5) is 0 Å². The summed E-state index contributed by atoms with van der Waals surface area (Å²) < 4.78 is 2.29. The summed E-state index contributed by atoms with van der Waals surface area (Å²) in [5.74, 6) is 1.12. The fraction of sp³-hybridized carbons (Fsp3) is 0.296. The van der Waals surface area contributed by atoms with E-state index in [-0.39, 0.29) is 0 Å². The van der Waals surface area contributed by atoms with E-state index < -0.39 is 0 Å². The van der Waals surface area contributed by atoms with Crippen molar-refractivity contribution in [2.45, 2.75) is 32.5 Å². The summed E-state index contributed by atoms with van der Waals surface area (Å²) >= 11 is 0. The van der Waals surface area contributed by atoms with Crippen molar-refractivity contribution in [3.63, 3.8) is 0 Å². The maximum atomic E-state index is 4.99. The van der Waals surface area contributed by atoms with Crippen molar-refractivity contribution in [3.8, 4) is 33.9 Å². The van der Waals surface area contributed by atoms with Crippen molar-refractivity contribution in [3.05, 3.63) is 66.5 Å². The Morgan fingerprint density at radius 2 is 1.94 bits per heavy atom. The van der Waals surface area contributed by atoms with E-state index in [9.17, 15) is 0 Å². The molecule has 7 rings (SSSR count). The molecule has 2 aliphatic heterocycles. The molecule has 5 aromatic heterocycles. The van der Waals surface area contributed by atoms with E-state index in [1.807, 2.05) is 49.6 Å². The lowest BCUT2D eigenvalue weighted by Crippen LogP contribution is -2.42. The Morgan fingerprint density at radius 3 is 2.83 bits per heavy atom. The summed E-state index contributed by atoms with van der Waals surface area (Å²) in [7, 11) is 0. The van der Waals surface area contributed by atoms with Crippen LogP contribution >= 0.6 is 0 Å². The lowest BCUT2D eigenvalue weighted by molar-refractivity contribution is 0.162. The van der Waals surface area contributed by atoms with Gasteiger partial charge in [0.15, 0.2) is 0 Å². The summed E-state index contributed by atoms with van der Waals surface area (Å²) in [5.41, 5.74) is 7.93. The van der Waals surface area contributed by atoms with Gasteiger partial charge in [0, 0.05) is 61.1 Å². The molecule has 1 fully saturated rings. The third-order valence-electron chi connectivity index (χ3n) is 7.26. The molecule has 36 heavy (non-hydrogen) atoms. The van der Waals surface area contributed by atoms with E-state index in [0.29, 0.717) is 6.04 Å². The van der Waals surface area contributed by atoms with E-state index in [0.717, 1.165) is 89.2 Å². The molecule has 7 heterocycles. The van der Waals surface area contributed by atoms with Crippen molar-refractivity contribution in [1.82, 2.24) is 44.9 Å². The van der Waals surface area contributed by atoms with Crippen LogP contribution in [0.15, 0.2) is 55.0 Å². The minimum absolute atomic E-state index is 0.617. The van der Waals surface area contributed by atoms with Crippen LogP contribution in [0.1, 0.15) is 17.9 Å². The predicted molar refractivity (Wildman–Crippen MR) is 138 cm³/mol. The van der Waals surface area contributed by atoms with Crippen LogP contribution in [0.5, 0.6) is 0 Å². The first kappa shape index (κ1) is 21.3. The number of imidazole rings is 1. The number of aromatic amines is 1. The Labute approximate surface area is 208 Å². The zero-order valence-electron chi connectivity index (χ0n) is 20.1. The fourth-order valence-corrected chi connectivity index (χ4v) is 5.32. The number of aryl methyl sites for hydroxylation is 1. The molecule has 1 unspecified atom stereocenters. The van der Waals surface area contributed by atoms with Gasteiger partial charge in [0.05, 0.1) is 34.7 Å². The second-order valence-electron chi connectivity index (χ2n) is 9.62. The number of hydrogen-bond acceptors (Lipinski definition) is 7. The topological polar surface area (TPSA) is 100 Å². The molecular weight excluding hydrogens is 450 g/mol. The quantitative estimate of drug-likeness (QED) is 0.409. The molecule has 0 spiro atoms. The van der Waals surface area contributed by atoms with E-state index in [1.54, 1.807) is 0 Å². The van der Waals surface area contributed by atoms with Crippen LogP contribution in [-0.2, 0) is 13.1 Å². The van der Waals surface area contributed by atoms with Gasteiger partial charge in [-0.15, -0.1) is 0 Å². The third kappa shape index (κ3) is 3.77. The maximum absolute atomic E-state index is 4.99. The smallest absolute Gasteiger partial charge is 0.123 e. The van der Waals surface area contributed by atoms with Gasteiger partial charge in [-0.1, -0.05) is 6.07 Å². The van der Waals surface area contributed by atoms with Gasteiger partial charge >= 0.3 is 0 Å². The van der Waals surface area contributed by atoms with Gasteiger partial charge in [0.2, 0.25) is 0 Å². The summed E-state index contributed by atoms with van der Waals surface area (Å²) in [6, 6.07) is 12.6. The molecule has 1 saturated heterocycles. The molecule has 0 amide bonds. The number of rotatable bonds is 4. The fourth-order valence-electron chi connectivity index (χ4n) is 5.32. The van der Waals surface area contributed by atoms with Gasteiger partial charge in [-0.3, -0.25) is 20.0 Å². The van der Waals surface area contributed by atoms with E-state index in [4.69, 9.17) is 15.0 Å². The largest absolute Gasteiger partial charge is 0.332 e. The molecular formula is C27H27N9. The first-order chi connectivity index (χ1) is 17.7. The lowest BCUT2D eigenvalue weighted by Gasteiger charge is -2.32. The Balaban J connectivity index is 1.21. The van der Waals surface area contributed by atoms with Crippen molar-refractivity contribution in [2.24, 2.45) is 0 Å². The minimum Gasteiger partial charge on any atom is -0.332 e. The van der Waals surface area contributed by atoms with Gasteiger partial charge in [-0.05, 0) is 50.2 Å². The molecule has 5 aromatic rings. The van der Waals surface area contributed by atoms with Crippen LogP contribution in [0, 0.1) is 6.92 Å².